The number of carbonyl (C=O) groups is 2. The number of amides is 1. The number of ether oxygens (including phenoxy) is 1. The third-order valence-electron chi connectivity index (χ3n) is 5.28. The molecule has 2 aromatic rings. The molecule has 4 atom stereocenters. The fourth-order valence-electron chi connectivity index (χ4n) is 3.99. The number of ketones is 1. The maximum atomic E-state index is 13.7. The molecule has 140 valence electrons. The normalized spacial score (nSPS) is 27.0. The van der Waals surface area contributed by atoms with Gasteiger partial charge in [0.1, 0.15) is 0 Å². The van der Waals surface area contributed by atoms with Crippen molar-refractivity contribution in [1.29, 1.82) is 0 Å². The average Bonchev–Trinajstić information content (AvgIpc) is 3.11. The SMILES string of the molecule is COc1cc(C(=O)C2CC(=O)NC3NNC(c4ccccc4)C32)ccc1F. The molecule has 0 aliphatic carbocycles. The third-order valence-corrected chi connectivity index (χ3v) is 5.28. The molecule has 0 aromatic heterocycles. The van der Waals surface area contributed by atoms with Crippen molar-refractivity contribution in [1.82, 2.24) is 16.2 Å². The molecule has 1 amide bonds. The molecule has 0 bridgehead atoms. The molecule has 2 aliphatic heterocycles. The van der Waals surface area contributed by atoms with Crippen LogP contribution in [0.5, 0.6) is 5.75 Å². The molecule has 0 radical (unpaired) electrons. The number of hydrogen-bond donors (Lipinski definition) is 3. The summed E-state index contributed by atoms with van der Waals surface area (Å²) in [4.78, 5) is 25.4. The molecule has 6 nitrogen and oxygen atoms in total. The summed E-state index contributed by atoms with van der Waals surface area (Å²) in [7, 11) is 1.35. The van der Waals surface area contributed by atoms with Crippen LogP contribution in [0.1, 0.15) is 28.4 Å². The largest absolute Gasteiger partial charge is 0.494 e. The van der Waals surface area contributed by atoms with Gasteiger partial charge in [-0.3, -0.25) is 9.59 Å². The van der Waals surface area contributed by atoms with Gasteiger partial charge < -0.3 is 10.1 Å². The Bertz CT molecular complexity index is 874. The molecule has 27 heavy (non-hydrogen) atoms. The zero-order valence-electron chi connectivity index (χ0n) is 14.7. The Hall–Kier alpha value is -2.77. The zero-order chi connectivity index (χ0) is 19.0. The van der Waals surface area contributed by atoms with E-state index >= 15 is 0 Å². The molecule has 2 saturated heterocycles. The lowest BCUT2D eigenvalue weighted by Crippen LogP contribution is -2.54. The Morgan fingerprint density at radius 1 is 1.15 bits per heavy atom. The number of carbonyl (C=O) groups excluding carboxylic acids is 2. The second-order valence-electron chi connectivity index (χ2n) is 6.82. The highest BCUT2D eigenvalue weighted by atomic mass is 19.1. The Morgan fingerprint density at radius 2 is 1.93 bits per heavy atom. The number of piperidine rings is 1. The number of methoxy groups -OCH3 is 1. The van der Waals surface area contributed by atoms with Gasteiger partial charge in [0.05, 0.1) is 19.3 Å². The molecule has 0 saturated carbocycles. The maximum Gasteiger partial charge on any atom is 0.222 e. The molecule has 2 aliphatic rings. The average molecular weight is 369 g/mol. The molecule has 2 fully saturated rings. The van der Waals surface area contributed by atoms with Crippen molar-refractivity contribution < 1.29 is 18.7 Å². The quantitative estimate of drug-likeness (QED) is 0.718. The first-order valence-electron chi connectivity index (χ1n) is 8.81. The number of nitrogens with one attached hydrogen (secondary N) is 3. The second kappa shape index (κ2) is 7.09. The van der Waals surface area contributed by atoms with E-state index in [0.29, 0.717) is 5.56 Å². The monoisotopic (exact) mass is 369 g/mol. The standard InChI is InChI=1S/C20H20FN3O3/c1-27-15-9-12(7-8-14(15)21)19(26)13-10-16(25)22-20-17(13)18(23-24-20)11-5-3-2-4-6-11/h2-9,13,17-18,20,23-24H,10H2,1H3,(H,22,25). The van der Waals surface area contributed by atoms with Crippen LogP contribution in [0.3, 0.4) is 0 Å². The smallest absolute Gasteiger partial charge is 0.222 e. The van der Waals surface area contributed by atoms with Gasteiger partial charge in [-0.1, -0.05) is 30.3 Å². The minimum absolute atomic E-state index is 0.0138. The van der Waals surface area contributed by atoms with Crippen LogP contribution < -0.4 is 20.9 Å². The summed E-state index contributed by atoms with van der Waals surface area (Å²) < 4.78 is 18.7. The maximum absolute atomic E-state index is 13.7. The summed E-state index contributed by atoms with van der Waals surface area (Å²) >= 11 is 0. The van der Waals surface area contributed by atoms with Gasteiger partial charge in [0, 0.05) is 23.8 Å². The van der Waals surface area contributed by atoms with E-state index in [1.165, 1.54) is 25.3 Å². The lowest BCUT2D eigenvalue weighted by Gasteiger charge is -2.35. The number of hydrazine groups is 1. The highest BCUT2D eigenvalue weighted by Gasteiger charge is 2.48. The van der Waals surface area contributed by atoms with Crippen LogP contribution in [0.25, 0.3) is 0 Å². The number of benzene rings is 2. The highest BCUT2D eigenvalue weighted by Crippen LogP contribution is 2.39. The molecule has 7 heteroatoms. The molecule has 4 unspecified atom stereocenters. The molecular weight excluding hydrogens is 349 g/mol. The first kappa shape index (κ1) is 17.6. The molecule has 3 N–H and O–H groups in total. The summed E-state index contributed by atoms with van der Waals surface area (Å²) in [5.74, 6) is -1.60. The third kappa shape index (κ3) is 3.20. The molecular formula is C20H20FN3O3. The van der Waals surface area contributed by atoms with Crippen LogP contribution >= 0.6 is 0 Å². The number of hydrogen-bond acceptors (Lipinski definition) is 5. The van der Waals surface area contributed by atoms with E-state index in [4.69, 9.17) is 4.74 Å². The topological polar surface area (TPSA) is 79.5 Å². The zero-order valence-corrected chi connectivity index (χ0v) is 14.7. The van der Waals surface area contributed by atoms with Crippen molar-refractivity contribution in [2.24, 2.45) is 11.8 Å². The predicted octanol–water partition coefficient (Wildman–Crippen LogP) is 1.94. The lowest BCUT2D eigenvalue weighted by molar-refractivity contribution is -0.125. The molecule has 4 rings (SSSR count). The number of halogens is 1. The van der Waals surface area contributed by atoms with Gasteiger partial charge in [-0.15, -0.1) is 0 Å². The highest BCUT2D eigenvalue weighted by molar-refractivity contribution is 6.01. The van der Waals surface area contributed by atoms with Crippen LogP contribution in [0.2, 0.25) is 0 Å². The van der Waals surface area contributed by atoms with Crippen LogP contribution in [0.4, 0.5) is 4.39 Å². The summed E-state index contributed by atoms with van der Waals surface area (Å²) in [6, 6.07) is 13.7. The van der Waals surface area contributed by atoms with Crippen molar-refractivity contribution in [3.05, 3.63) is 65.5 Å². The summed E-state index contributed by atoms with van der Waals surface area (Å²) in [6.07, 6.45) is -0.264. The van der Waals surface area contributed by atoms with Crippen molar-refractivity contribution in [3.63, 3.8) is 0 Å². The van der Waals surface area contributed by atoms with Crippen molar-refractivity contribution in [3.8, 4) is 5.75 Å². The van der Waals surface area contributed by atoms with E-state index in [-0.39, 0.29) is 42.0 Å². The van der Waals surface area contributed by atoms with Gasteiger partial charge in [-0.05, 0) is 23.8 Å². The molecule has 0 spiro atoms. The fraction of sp³-hybridized carbons (Fsp3) is 0.300. The summed E-state index contributed by atoms with van der Waals surface area (Å²) in [5.41, 5.74) is 7.66. The van der Waals surface area contributed by atoms with Crippen LogP contribution in [-0.4, -0.2) is 25.0 Å². The Morgan fingerprint density at radius 3 is 2.67 bits per heavy atom. The van der Waals surface area contributed by atoms with Gasteiger partial charge in [-0.2, -0.15) is 0 Å². The van der Waals surface area contributed by atoms with E-state index in [1.54, 1.807) is 0 Å². The van der Waals surface area contributed by atoms with E-state index in [9.17, 15) is 14.0 Å². The molecule has 2 heterocycles. The van der Waals surface area contributed by atoms with Gasteiger partial charge in [0.15, 0.2) is 17.3 Å². The van der Waals surface area contributed by atoms with E-state index in [2.05, 4.69) is 16.2 Å². The second-order valence-corrected chi connectivity index (χ2v) is 6.82. The van der Waals surface area contributed by atoms with Crippen molar-refractivity contribution in [2.45, 2.75) is 18.6 Å². The Labute approximate surface area is 156 Å². The minimum atomic E-state index is -0.536. The van der Waals surface area contributed by atoms with E-state index in [1.807, 2.05) is 30.3 Å². The first-order valence-corrected chi connectivity index (χ1v) is 8.81. The predicted molar refractivity (Wildman–Crippen MR) is 96.3 cm³/mol. The fourth-order valence-corrected chi connectivity index (χ4v) is 3.99. The van der Waals surface area contributed by atoms with Gasteiger partial charge in [0.2, 0.25) is 5.91 Å². The lowest BCUT2D eigenvalue weighted by atomic mass is 9.74. The Balaban J connectivity index is 1.69. The van der Waals surface area contributed by atoms with E-state index in [0.717, 1.165) is 5.56 Å². The minimum Gasteiger partial charge on any atom is -0.494 e. The van der Waals surface area contributed by atoms with Crippen LogP contribution in [0, 0.1) is 17.7 Å². The summed E-state index contributed by atoms with van der Waals surface area (Å²) in [5, 5.41) is 2.90. The summed E-state index contributed by atoms with van der Waals surface area (Å²) in [6.45, 7) is 0. The van der Waals surface area contributed by atoms with Crippen LogP contribution in [0.15, 0.2) is 48.5 Å². The molecule has 2 aromatic carbocycles. The number of rotatable bonds is 4. The van der Waals surface area contributed by atoms with Gasteiger partial charge in [0.25, 0.3) is 0 Å². The van der Waals surface area contributed by atoms with Gasteiger partial charge in [-0.25, -0.2) is 15.2 Å². The van der Waals surface area contributed by atoms with Crippen LogP contribution in [-0.2, 0) is 4.79 Å². The Kier molecular flexibility index (Phi) is 4.63. The van der Waals surface area contributed by atoms with Gasteiger partial charge >= 0.3 is 0 Å². The number of fused-ring (bicyclic) bond motifs is 1. The van der Waals surface area contributed by atoms with Crippen molar-refractivity contribution in [2.75, 3.05) is 7.11 Å². The first-order chi connectivity index (χ1) is 13.1. The van der Waals surface area contributed by atoms with E-state index < -0.39 is 11.7 Å². The number of Topliss-reactive ketones (excluding diaryl/α,β-unsaturated/α-hetero) is 1. The van der Waals surface area contributed by atoms with Crippen molar-refractivity contribution >= 4 is 11.7 Å².